The van der Waals surface area contributed by atoms with E-state index in [2.05, 4.69) is 10.3 Å². The number of hydrogen-bond donors (Lipinski definition) is 3. The number of anilines is 1. The number of nitrogens with one attached hydrogen (secondary N) is 1. The predicted octanol–water partition coefficient (Wildman–Crippen LogP) is 4.72. The first-order valence-corrected chi connectivity index (χ1v) is 12.6. The van der Waals surface area contributed by atoms with Gasteiger partial charge in [-0.1, -0.05) is 53.5 Å². The van der Waals surface area contributed by atoms with Gasteiger partial charge in [0, 0.05) is 22.9 Å². The molecule has 2 amide bonds. The molecule has 0 radical (unpaired) electrons. The van der Waals surface area contributed by atoms with Crippen molar-refractivity contribution in [1.82, 2.24) is 4.98 Å². The standard InChI is InChI=1S/C25H18Cl2N4O4S/c26-16-9-10-21(30-13-16)18-12-22(19(24(28)32)11-20(18)27)31-25(33)15-7-5-14(6-8-15)17-3-1-2-4-23(17)36(29,34)35/h1-13H,(H2,28,32)(H,31,33)(H2,29,34,35). The van der Waals surface area contributed by atoms with Gasteiger partial charge in [-0.25, -0.2) is 13.6 Å². The van der Waals surface area contributed by atoms with E-state index in [4.69, 9.17) is 34.1 Å². The summed E-state index contributed by atoms with van der Waals surface area (Å²) in [5.74, 6) is -1.31. The van der Waals surface area contributed by atoms with Crippen molar-refractivity contribution in [3.05, 3.63) is 100 Å². The minimum absolute atomic E-state index is 0.0183. The molecule has 0 saturated heterocycles. The van der Waals surface area contributed by atoms with Gasteiger partial charge in [0.1, 0.15) is 0 Å². The molecular formula is C25H18Cl2N4O4S. The molecule has 0 aliphatic heterocycles. The number of nitrogens with two attached hydrogens (primary N) is 2. The summed E-state index contributed by atoms with van der Waals surface area (Å²) in [4.78, 5) is 29.2. The number of hydrogen-bond acceptors (Lipinski definition) is 5. The number of amides is 2. The van der Waals surface area contributed by atoms with Crippen LogP contribution in [-0.2, 0) is 10.0 Å². The monoisotopic (exact) mass is 540 g/mol. The molecule has 0 saturated carbocycles. The first kappa shape index (κ1) is 25.3. The number of benzene rings is 3. The van der Waals surface area contributed by atoms with Crippen LogP contribution in [0.25, 0.3) is 22.4 Å². The Morgan fingerprint density at radius 2 is 1.58 bits per heavy atom. The molecule has 4 rings (SSSR count). The molecule has 0 fully saturated rings. The Bertz CT molecular complexity index is 1590. The predicted molar refractivity (Wildman–Crippen MR) is 139 cm³/mol. The summed E-state index contributed by atoms with van der Waals surface area (Å²) in [5.41, 5.74) is 7.81. The van der Waals surface area contributed by atoms with Crippen molar-refractivity contribution in [2.75, 3.05) is 5.32 Å². The molecule has 5 N–H and O–H groups in total. The number of sulfonamides is 1. The van der Waals surface area contributed by atoms with E-state index in [0.29, 0.717) is 27.4 Å². The van der Waals surface area contributed by atoms with Gasteiger partial charge >= 0.3 is 0 Å². The molecule has 0 unspecified atom stereocenters. The minimum Gasteiger partial charge on any atom is -0.366 e. The van der Waals surface area contributed by atoms with Crippen molar-refractivity contribution < 1.29 is 18.0 Å². The van der Waals surface area contributed by atoms with Crippen LogP contribution in [0.3, 0.4) is 0 Å². The zero-order valence-corrected chi connectivity index (χ0v) is 20.7. The van der Waals surface area contributed by atoms with Gasteiger partial charge in [-0.2, -0.15) is 0 Å². The summed E-state index contributed by atoms with van der Waals surface area (Å²) in [6.07, 6.45) is 1.45. The first-order valence-electron chi connectivity index (χ1n) is 10.3. The maximum atomic E-state index is 13.0. The lowest BCUT2D eigenvalue weighted by Gasteiger charge is -2.13. The lowest BCUT2D eigenvalue weighted by molar-refractivity contribution is 0.100. The summed E-state index contributed by atoms with van der Waals surface area (Å²) in [5, 5.41) is 8.66. The number of nitrogens with zero attached hydrogens (tertiary/aromatic N) is 1. The third-order valence-corrected chi connectivity index (χ3v) is 6.78. The quantitative estimate of drug-likeness (QED) is 0.323. The van der Waals surface area contributed by atoms with Crippen LogP contribution < -0.4 is 16.2 Å². The van der Waals surface area contributed by atoms with Crippen molar-refractivity contribution in [3.63, 3.8) is 0 Å². The van der Waals surface area contributed by atoms with Crippen LogP contribution in [0, 0.1) is 0 Å². The van der Waals surface area contributed by atoms with Gasteiger partial charge in [0.2, 0.25) is 10.0 Å². The molecule has 36 heavy (non-hydrogen) atoms. The molecule has 0 atom stereocenters. The molecule has 3 aromatic carbocycles. The first-order chi connectivity index (χ1) is 17.0. The Hall–Kier alpha value is -3.76. The largest absolute Gasteiger partial charge is 0.366 e. The average Bonchev–Trinajstić information content (AvgIpc) is 2.85. The van der Waals surface area contributed by atoms with Crippen molar-refractivity contribution in [2.24, 2.45) is 10.9 Å². The average molecular weight is 541 g/mol. The van der Waals surface area contributed by atoms with Gasteiger partial charge < -0.3 is 11.1 Å². The Labute approximate surface area is 216 Å². The summed E-state index contributed by atoms with van der Waals surface area (Å²) in [6.45, 7) is 0. The molecule has 8 nitrogen and oxygen atoms in total. The third-order valence-electron chi connectivity index (χ3n) is 5.28. The van der Waals surface area contributed by atoms with E-state index in [1.807, 2.05) is 0 Å². The fourth-order valence-electron chi connectivity index (χ4n) is 3.56. The number of carbonyl (C=O) groups is 2. The number of primary amides is 1. The Morgan fingerprint density at radius 1 is 0.889 bits per heavy atom. The number of aromatic nitrogens is 1. The molecular weight excluding hydrogens is 523 g/mol. The zero-order chi connectivity index (χ0) is 26.0. The van der Waals surface area contributed by atoms with Crippen molar-refractivity contribution in [2.45, 2.75) is 4.90 Å². The molecule has 0 aliphatic rings. The van der Waals surface area contributed by atoms with E-state index in [1.165, 1.54) is 36.5 Å². The molecule has 1 aromatic heterocycles. The Balaban J connectivity index is 1.67. The third kappa shape index (κ3) is 5.39. The van der Waals surface area contributed by atoms with E-state index in [0.717, 1.165) is 0 Å². The molecule has 11 heteroatoms. The second-order valence-electron chi connectivity index (χ2n) is 7.68. The van der Waals surface area contributed by atoms with Gasteiger partial charge in [0.15, 0.2) is 0 Å². The van der Waals surface area contributed by atoms with Gasteiger partial charge in [-0.15, -0.1) is 0 Å². The smallest absolute Gasteiger partial charge is 0.255 e. The van der Waals surface area contributed by atoms with E-state index < -0.39 is 21.8 Å². The van der Waals surface area contributed by atoms with Crippen LogP contribution in [-0.4, -0.2) is 25.2 Å². The van der Waals surface area contributed by atoms with Crippen molar-refractivity contribution in [1.29, 1.82) is 0 Å². The maximum Gasteiger partial charge on any atom is 0.255 e. The fourth-order valence-corrected chi connectivity index (χ4v) is 4.69. The number of rotatable bonds is 6. The normalized spacial score (nSPS) is 11.2. The SMILES string of the molecule is NC(=O)c1cc(Cl)c(-c2ccc(Cl)cn2)cc1NC(=O)c1ccc(-c2ccccc2S(N)(=O)=O)cc1. The molecule has 0 spiro atoms. The molecule has 4 aromatic rings. The second-order valence-corrected chi connectivity index (χ2v) is 10.0. The van der Waals surface area contributed by atoms with Crippen LogP contribution in [0.4, 0.5) is 5.69 Å². The van der Waals surface area contributed by atoms with Gasteiger partial charge in [-0.3, -0.25) is 14.6 Å². The minimum atomic E-state index is -3.94. The fraction of sp³-hybridized carbons (Fsp3) is 0. The molecule has 0 aliphatic carbocycles. The summed E-state index contributed by atoms with van der Waals surface area (Å²) < 4.78 is 23.8. The van der Waals surface area contributed by atoms with Gasteiger partial charge in [0.25, 0.3) is 11.8 Å². The van der Waals surface area contributed by atoms with Crippen molar-refractivity contribution >= 4 is 50.7 Å². The van der Waals surface area contributed by atoms with E-state index >= 15 is 0 Å². The topological polar surface area (TPSA) is 145 Å². The lowest BCUT2D eigenvalue weighted by atomic mass is 10.0. The van der Waals surface area contributed by atoms with Gasteiger partial charge in [-0.05, 0) is 48.0 Å². The van der Waals surface area contributed by atoms with Crippen molar-refractivity contribution in [3.8, 4) is 22.4 Å². The highest BCUT2D eigenvalue weighted by atomic mass is 35.5. The number of halogens is 2. The van der Waals surface area contributed by atoms with Crippen LogP contribution in [0.15, 0.2) is 83.9 Å². The van der Waals surface area contributed by atoms with E-state index in [1.54, 1.807) is 42.5 Å². The van der Waals surface area contributed by atoms with Crippen LogP contribution in [0.2, 0.25) is 10.0 Å². The summed E-state index contributed by atoms with van der Waals surface area (Å²) in [6, 6.07) is 18.7. The lowest BCUT2D eigenvalue weighted by Crippen LogP contribution is -2.18. The van der Waals surface area contributed by atoms with E-state index in [-0.39, 0.29) is 26.7 Å². The Kier molecular flexibility index (Phi) is 7.09. The van der Waals surface area contributed by atoms with Crippen LogP contribution >= 0.6 is 23.2 Å². The number of pyridine rings is 1. The molecule has 0 bridgehead atoms. The highest BCUT2D eigenvalue weighted by Crippen LogP contribution is 2.33. The van der Waals surface area contributed by atoms with Crippen LogP contribution in [0.1, 0.15) is 20.7 Å². The zero-order valence-electron chi connectivity index (χ0n) is 18.4. The summed E-state index contributed by atoms with van der Waals surface area (Å²) >= 11 is 12.3. The summed E-state index contributed by atoms with van der Waals surface area (Å²) in [7, 11) is -3.94. The highest BCUT2D eigenvalue weighted by molar-refractivity contribution is 7.89. The molecule has 1 heterocycles. The van der Waals surface area contributed by atoms with E-state index in [9.17, 15) is 18.0 Å². The second kappa shape index (κ2) is 10.1. The maximum absolute atomic E-state index is 13.0. The van der Waals surface area contributed by atoms with Crippen LogP contribution in [0.5, 0.6) is 0 Å². The number of primary sulfonamides is 1. The highest BCUT2D eigenvalue weighted by Gasteiger charge is 2.18. The Morgan fingerprint density at radius 3 is 2.19 bits per heavy atom. The number of carbonyl (C=O) groups excluding carboxylic acids is 2. The van der Waals surface area contributed by atoms with Gasteiger partial charge in [0.05, 0.1) is 31.9 Å². The molecule has 182 valence electrons.